The van der Waals surface area contributed by atoms with E-state index in [4.69, 9.17) is 11.6 Å². The summed E-state index contributed by atoms with van der Waals surface area (Å²) in [7, 11) is 0. The van der Waals surface area contributed by atoms with Gasteiger partial charge in [-0.05, 0) is 85.8 Å². The summed E-state index contributed by atoms with van der Waals surface area (Å²) in [5.41, 5.74) is 1.16. The maximum Gasteiger partial charge on any atom is 0.142 e. The molecule has 0 N–H and O–H groups in total. The summed E-state index contributed by atoms with van der Waals surface area (Å²) in [5.74, 6) is 4.26. The third-order valence-corrected chi connectivity index (χ3v) is 8.51. The fraction of sp³-hybridized carbons (Fsp3) is 0.760. The summed E-state index contributed by atoms with van der Waals surface area (Å²) in [6, 6.07) is 5.43. The van der Waals surface area contributed by atoms with Crippen molar-refractivity contribution in [3.63, 3.8) is 0 Å². The third kappa shape index (κ3) is 5.08. The Kier molecular flexibility index (Phi) is 6.79. The lowest BCUT2D eigenvalue weighted by molar-refractivity contribution is 0.153. The predicted octanol–water partition coefficient (Wildman–Crippen LogP) is 8.53. The number of rotatable bonds is 5. The largest absolute Gasteiger partial charge is 0.205 e. The minimum Gasteiger partial charge on any atom is -0.205 e. The number of hydrogen-bond acceptors (Lipinski definition) is 0. The van der Waals surface area contributed by atoms with Crippen LogP contribution in [0.1, 0.15) is 101 Å². The Labute approximate surface area is 170 Å². The van der Waals surface area contributed by atoms with Gasteiger partial charge in [0.25, 0.3) is 0 Å². The van der Waals surface area contributed by atoms with Crippen LogP contribution < -0.4 is 0 Å². The van der Waals surface area contributed by atoms with Gasteiger partial charge in [0.05, 0.1) is 5.02 Å². The maximum atomic E-state index is 13.8. The summed E-state index contributed by atoms with van der Waals surface area (Å²) in [4.78, 5) is 0. The highest BCUT2D eigenvalue weighted by molar-refractivity contribution is 6.30. The molecule has 0 aromatic heterocycles. The quantitative estimate of drug-likeness (QED) is 0.472. The summed E-state index contributed by atoms with van der Waals surface area (Å²) in [5, 5.41) is 0.247. The Morgan fingerprint density at radius 1 is 0.741 bits per heavy atom. The second-order valence-corrected chi connectivity index (χ2v) is 10.2. The van der Waals surface area contributed by atoms with Gasteiger partial charge in [-0.1, -0.05) is 69.0 Å². The molecule has 0 saturated heterocycles. The van der Waals surface area contributed by atoms with E-state index in [-0.39, 0.29) is 10.8 Å². The minimum absolute atomic E-state index is 0.247. The van der Waals surface area contributed by atoms with Crippen LogP contribution in [-0.4, -0.2) is 0 Å². The summed E-state index contributed by atoms with van der Waals surface area (Å²) < 4.78 is 13.8. The molecule has 3 saturated carbocycles. The van der Waals surface area contributed by atoms with Crippen LogP contribution in [0.5, 0.6) is 0 Å². The van der Waals surface area contributed by atoms with E-state index in [0.29, 0.717) is 5.92 Å². The predicted molar refractivity (Wildman–Crippen MR) is 113 cm³/mol. The molecule has 150 valence electrons. The molecule has 0 radical (unpaired) electrons. The molecule has 3 aliphatic carbocycles. The zero-order chi connectivity index (χ0) is 18.6. The molecule has 3 aliphatic rings. The van der Waals surface area contributed by atoms with Gasteiger partial charge in [0.2, 0.25) is 0 Å². The zero-order valence-electron chi connectivity index (χ0n) is 16.8. The molecule has 0 spiro atoms. The van der Waals surface area contributed by atoms with Crippen molar-refractivity contribution < 1.29 is 4.39 Å². The lowest BCUT2D eigenvalue weighted by atomic mass is 9.68. The highest BCUT2D eigenvalue weighted by Gasteiger charge is 2.31. The molecular formula is C25H36ClF. The Balaban J connectivity index is 1.19. The van der Waals surface area contributed by atoms with E-state index >= 15 is 0 Å². The number of benzene rings is 1. The Bertz CT molecular complexity index is 590. The van der Waals surface area contributed by atoms with Crippen molar-refractivity contribution in [2.24, 2.45) is 23.7 Å². The molecule has 1 aromatic carbocycles. The molecule has 27 heavy (non-hydrogen) atoms. The van der Waals surface area contributed by atoms with Gasteiger partial charge in [0.1, 0.15) is 5.82 Å². The number of halogens is 2. The van der Waals surface area contributed by atoms with Crippen molar-refractivity contribution in [2.45, 2.75) is 95.8 Å². The Hall–Kier alpha value is -0.560. The summed E-state index contributed by atoms with van der Waals surface area (Å²) >= 11 is 5.84. The second-order valence-electron chi connectivity index (χ2n) is 9.79. The highest BCUT2D eigenvalue weighted by Crippen LogP contribution is 2.45. The van der Waals surface area contributed by atoms with Gasteiger partial charge in [0, 0.05) is 0 Å². The lowest BCUT2D eigenvalue weighted by Crippen LogP contribution is -2.25. The van der Waals surface area contributed by atoms with E-state index in [0.717, 1.165) is 29.2 Å². The van der Waals surface area contributed by atoms with E-state index in [1.54, 1.807) is 12.1 Å². The Morgan fingerprint density at radius 2 is 1.30 bits per heavy atom. The van der Waals surface area contributed by atoms with Gasteiger partial charge < -0.3 is 0 Å². The lowest BCUT2D eigenvalue weighted by Gasteiger charge is -2.38. The maximum absolute atomic E-state index is 13.8. The van der Waals surface area contributed by atoms with Crippen LogP contribution >= 0.6 is 11.6 Å². The highest BCUT2D eigenvalue weighted by atomic mass is 35.5. The average Bonchev–Trinajstić information content (AvgIpc) is 3.23. The number of hydrogen-bond donors (Lipinski definition) is 0. The van der Waals surface area contributed by atoms with Crippen LogP contribution in [0, 0.1) is 29.5 Å². The van der Waals surface area contributed by atoms with Gasteiger partial charge in [0.15, 0.2) is 0 Å². The first kappa shape index (κ1) is 19.7. The van der Waals surface area contributed by atoms with Crippen molar-refractivity contribution >= 4 is 11.6 Å². The summed E-state index contributed by atoms with van der Waals surface area (Å²) in [6.45, 7) is 0. The Morgan fingerprint density at radius 3 is 1.89 bits per heavy atom. The van der Waals surface area contributed by atoms with Gasteiger partial charge in [-0.25, -0.2) is 4.39 Å². The molecule has 0 amide bonds. The SMILES string of the molecule is Fc1cc(C2CCC(C3CCC(CCC4CCCC4)CC3)CC2)ccc1Cl. The molecule has 0 heterocycles. The molecular weight excluding hydrogens is 355 g/mol. The van der Waals surface area contributed by atoms with Crippen LogP contribution in [0.3, 0.4) is 0 Å². The van der Waals surface area contributed by atoms with Crippen molar-refractivity contribution in [1.82, 2.24) is 0 Å². The average molecular weight is 391 g/mol. The van der Waals surface area contributed by atoms with Crippen LogP contribution in [-0.2, 0) is 0 Å². The van der Waals surface area contributed by atoms with Gasteiger partial charge in [-0.15, -0.1) is 0 Å². The monoisotopic (exact) mass is 390 g/mol. The molecule has 0 unspecified atom stereocenters. The van der Waals surface area contributed by atoms with Crippen molar-refractivity contribution in [3.8, 4) is 0 Å². The first-order valence-corrected chi connectivity index (χ1v) is 12.0. The first-order valence-electron chi connectivity index (χ1n) is 11.6. The molecule has 0 bridgehead atoms. The summed E-state index contributed by atoms with van der Waals surface area (Å²) in [6.07, 6.45) is 20.1. The van der Waals surface area contributed by atoms with Crippen LogP contribution in [0.4, 0.5) is 4.39 Å². The normalized spacial score (nSPS) is 32.7. The van der Waals surface area contributed by atoms with Crippen molar-refractivity contribution in [3.05, 3.63) is 34.6 Å². The smallest absolute Gasteiger partial charge is 0.142 e. The second kappa shape index (κ2) is 9.29. The molecule has 0 aliphatic heterocycles. The van der Waals surface area contributed by atoms with Crippen LogP contribution in [0.25, 0.3) is 0 Å². The molecule has 0 nitrogen and oxygen atoms in total. The molecule has 0 atom stereocenters. The van der Waals surface area contributed by atoms with Crippen molar-refractivity contribution in [2.75, 3.05) is 0 Å². The molecule has 3 fully saturated rings. The molecule has 1 aromatic rings. The molecule has 4 rings (SSSR count). The topological polar surface area (TPSA) is 0 Å². The van der Waals surface area contributed by atoms with E-state index in [2.05, 4.69) is 0 Å². The zero-order valence-corrected chi connectivity index (χ0v) is 17.5. The van der Waals surface area contributed by atoms with E-state index < -0.39 is 0 Å². The van der Waals surface area contributed by atoms with Crippen molar-refractivity contribution in [1.29, 1.82) is 0 Å². The first-order chi connectivity index (χ1) is 13.2. The fourth-order valence-corrected chi connectivity index (χ4v) is 6.53. The van der Waals surface area contributed by atoms with Gasteiger partial charge >= 0.3 is 0 Å². The van der Waals surface area contributed by atoms with Gasteiger partial charge in [-0.2, -0.15) is 0 Å². The van der Waals surface area contributed by atoms with E-state index in [1.807, 2.05) is 6.07 Å². The van der Waals surface area contributed by atoms with Crippen LogP contribution in [0.2, 0.25) is 5.02 Å². The molecule has 2 heteroatoms. The van der Waals surface area contributed by atoms with Crippen LogP contribution in [0.15, 0.2) is 18.2 Å². The fourth-order valence-electron chi connectivity index (χ4n) is 6.41. The third-order valence-electron chi connectivity index (χ3n) is 8.20. The van der Waals surface area contributed by atoms with Gasteiger partial charge in [-0.3, -0.25) is 0 Å². The minimum atomic E-state index is -0.257. The standard InChI is InChI=1S/C25H36ClF/c26-24-16-15-23(17-25(24)27)22-13-11-21(12-14-22)20-9-7-19(8-10-20)6-5-18-3-1-2-4-18/h15-22H,1-14H2. The van der Waals surface area contributed by atoms with E-state index in [1.165, 1.54) is 89.9 Å². The van der Waals surface area contributed by atoms with E-state index in [9.17, 15) is 4.39 Å².